The summed E-state index contributed by atoms with van der Waals surface area (Å²) in [6.07, 6.45) is 0. The third-order valence-electron chi connectivity index (χ3n) is 8.74. The number of carbonyl (C=O) groups is 3. The minimum Gasteiger partial charge on any atom is -0.508 e. The van der Waals surface area contributed by atoms with Crippen LogP contribution in [0.3, 0.4) is 0 Å². The van der Waals surface area contributed by atoms with Crippen molar-refractivity contribution >= 4 is 17.3 Å². The number of benzene rings is 6. The molecule has 0 saturated heterocycles. The molecule has 0 fully saturated rings. The fourth-order valence-electron chi connectivity index (χ4n) is 5.63. The summed E-state index contributed by atoms with van der Waals surface area (Å²) in [7, 11) is 0. The van der Waals surface area contributed by atoms with Crippen LogP contribution in [0.2, 0.25) is 0 Å². The highest BCUT2D eigenvalue weighted by Crippen LogP contribution is 2.51. The predicted octanol–water partition coefficient (Wildman–Crippen LogP) is 3.12. The van der Waals surface area contributed by atoms with Crippen LogP contribution in [-0.4, -0.2) is 104 Å². The molecule has 0 aromatic heterocycles. The van der Waals surface area contributed by atoms with Crippen LogP contribution in [0.25, 0.3) is 0 Å². The zero-order valence-electron chi connectivity index (χ0n) is 30.7. The lowest BCUT2D eigenvalue weighted by molar-refractivity contribution is -0.108. The van der Waals surface area contributed by atoms with Gasteiger partial charge in [-0.25, -0.2) is 0 Å². The predicted molar refractivity (Wildman–Crippen MR) is 200 cm³/mol. The van der Waals surface area contributed by atoms with Gasteiger partial charge in [-0.05, 0) is 18.2 Å². The molecule has 6 aromatic rings. The van der Waals surface area contributed by atoms with E-state index in [4.69, 9.17) is 19.6 Å². The van der Waals surface area contributed by atoms with E-state index >= 15 is 0 Å². The summed E-state index contributed by atoms with van der Waals surface area (Å²) in [6.45, 7) is 0. The molecule has 63 heavy (non-hydrogen) atoms. The van der Waals surface area contributed by atoms with Crippen LogP contribution in [0, 0.1) is 0 Å². The minimum atomic E-state index is -1.60. The highest BCUT2D eigenvalue weighted by molar-refractivity contribution is 6.16. The lowest BCUT2D eigenvalue weighted by Gasteiger charge is -2.18. The average Bonchev–Trinajstić information content (AvgIpc) is 3.21. The number of hydrogen-bond acceptors (Lipinski definition) is 24. The maximum absolute atomic E-state index is 13.9. The van der Waals surface area contributed by atoms with Crippen LogP contribution in [0.4, 0.5) is 0 Å². The molecule has 0 spiro atoms. The minimum absolute atomic E-state index is 0.402. The second-order valence-corrected chi connectivity index (χ2v) is 12.8. The Bertz CT molecular complexity index is 2910. The lowest BCUT2D eigenvalue weighted by Crippen LogP contribution is -2.12. The van der Waals surface area contributed by atoms with Gasteiger partial charge < -0.3 is 86.8 Å². The van der Waals surface area contributed by atoms with Gasteiger partial charge in [0.05, 0.1) is 27.8 Å². The molecule has 6 aromatic carbocycles. The van der Waals surface area contributed by atoms with Crippen molar-refractivity contribution in [2.75, 3.05) is 0 Å². The lowest BCUT2D eigenvalue weighted by atomic mass is 9.99. The van der Waals surface area contributed by atoms with Crippen molar-refractivity contribution in [3.63, 3.8) is 0 Å². The van der Waals surface area contributed by atoms with E-state index < -0.39 is 171 Å². The van der Waals surface area contributed by atoms with Crippen molar-refractivity contribution in [3.05, 3.63) is 88.0 Å². The van der Waals surface area contributed by atoms with Gasteiger partial charge in [0.2, 0.25) is 74.8 Å². The Morgan fingerprint density at radius 1 is 0.286 bits per heavy atom. The zero-order valence-corrected chi connectivity index (χ0v) is 30.7. The van der Waals surface area contributed by atoms with Crippen LogP contribution < -0.4 is 19.6 Å². The van der Waals surface area contributed by atoms with Crippen molar-refractivity contribution < 1.29 is 121 Å². The van der Waals surface area contributed by atoms with Crippen molar-refractivity contribution in [2.24, 2.45) is 0 Å². The molecule has 24 nitrogen and oxygen atoms in total. The normalized spacial score (nSPS) is 10.9. The second-order valence-electron chi connectivity index (χ2n) is 12.8. The molecular weight excluding hydrogens is 852 g/mol. The fourth-order valence-corrected chi connectivity index (χ4v) is 5.63. The molecule has 0 amide bonds. The first kappa shape index (κ1) is 42.7. The average molecular weight is 879 g/mol. The highest BCUT2D eigenvalue weighted by atomic mass is 17.2. The first-order valence-corrected chi connectivity index (χ1v) is 16.8. The molecule has 0 aliphatic heterocycles. The third kappa shape index (κ3) is 7.50. The molecule has 0 aliphatic rings. The summed E-state index contributed by atoms with van der Waals surface area (Å²) in [4.78, 5) is 60.6. The van der Waals surface area contributed by atoms with Gasteiger partial charge in [-0.3, -0.25) is 33.9 Å². The van der Waals surface area contributed by atoms with Crippen molar-refractivity contribution in [1.82, 2.24) is 0 Å². The van der Waals surface area contributed by atoms with E-state index in [1.165, 1.54) is 0 Å². The van der Waals surface area contributed by atoms with Gasteiger partial charge in [0.25, 0.3) is 0 Å². The highest BCUT2D eigenvalue weighted by Gasteiger charge is 2.33. The number of carbonyl (C=O) groups excluding carboxylic acids is 3. The van der Waals surface area contributed by atoms with E-state index in [1.807, 2.05) is 0 Å². The Morgan fingerprint density at radius 2 is 0.698 bits per heavy atom. The van der Waals surface area contributed by atoms with Crippen molar-refractivity contribution in [1.29, 1.82) is 0 Å². The van der Waals surface area contributed by atoms with E-state index in [0.29, 0.717) is 54.6 Å². The molecule has 0 radical (unpaired) electrons. The van der Waals surface area contributed by atoms with Gasteiger partial charge in [-0.2, -0.15) is 0 Å². The monoisotopic (exact) mass is 878 g/mol. The van der Waals surface area contributed by atoms with Crippen molar-refractivity contribution in [2.45, 2.75) is 0 Å². The summed E-state index contributed by atoms with van der Waals surface area (Å²) in [5.74, 6) is -29.4. The number of phenols is 17. The summed E-state index contributed by atoms with van der Waals surface area (Å²) in [6, 6.07) is 4.79. The Hall–Kier alpha value is -9.87. The molecule has 24 heteroatoms. The van der Waals surface area contributed by atoms with E-state index in [2.05, 4.69) is 0 Å². The summed E-state index contributed by atoms with van der Waals surface area (Å²) in [5, 5.41) is 175. The summed E-state index contributed by atoms with van der Waals surface area (Å²) in [5.41, 5.74) is -5.87. The van der Waals surface area contributed by atoms with Gasteiger partial charge in [0.1, 0.15) is 34.3 Å². The number of rotatable bonds is 12. The van der Waals surface area contributed by atoms with Gasteiger partial charge >= 0.3 is 0 Å². The molecule has 0 aliphatic carbocycles. The van der Waals surface area contributed by atoms with Crippen LogP contribution in [0.15, 0.2) is 54.6 Å². The van der Waals surface area contributed by atoms with Gasteiger partial charge in [-0.15, -0.1) is 0 Å². The quantitative estimate of drug-likeness (QED) is 0.0276. The second kappa shape index (κ2) is 15.7. The molecule has 0 saturated carbocycles. The first-order valence-electron chi connectivity index (χ1n) is 16.8. The van der Waals surface area contributed by atoms with Gasteiger partial charge in [0.15, 0.2) is 34.5 Å². The molecule has 0 heterocycles. The Kier molecular flexibility index (Phi) is 10.7. The smallest absolute Gasteiger partial charge is 0.235 e. The summed E-state index contributed by atoms with van der Waals surface area (Å²) >= 11 is 0. The van der Waals surface area contributed by atoms with Crippen LogP contribution in [0.5, 0.6) is 121 Å². The van der Waals surface area contributed by atoms with Crippen LogP contribution in [-0.2, 0) is 0 Å². The van der Waals surface area contributed by atoms with E-state index in [0.717, 1.165) is 0 Å². The maximum Gasteiger partial charge on any atom is 0.235 e. The molecule has 0 unspecified atom stereocenters. The van der Waals surface area contributed by atoms with E-state index in [-0.39, 0.29) is 0 Å². The van der Waals surface area contributed by atoms with Gasteiger partial charge in [-0.1, -0.05) is 0 Å². The number of ketones is 3. The zero-order chi connectivity index (χ0) is 46.5. The molecule has 6 rings (SSSR count). The Morgan fingerprint density at radius 3 is 1.29 bits per heavy atom. The third-order valence-corrected chi connectivity index (χ3v) is 8.74. The molecule has 17 N–H and O–H groups in total. The van der Waals surface area contributed by atoms with E-state index in [9.17, 15) is 101 Å². The Labute approximate surface area is 346 Å². The molecular formula is C39H26O24. The Balaban J connectivity index is 1.45. The maximum atomic E-state index is 13.9. The van der Waals surface area contributed by atoms with Crippen LogP contribution >= 0.6 is 0 Å². The molecule has 0 atom stereocenters. The first-order chi connectivity index (χ1) is 29.5. The largest absolute Gasteiger partial charge is 0.508 e. The standard InChI is InChI=1S/C39H26O24/c40-10-1-13(29(51)22(47)4-10)28(50)16-8-25(61-62-38-15(6-23(48)32(54)36(38)58)27(49)12-5-18(43)19(44)9-17(12)42)34(56)37(59)39(16)63-60-24-7-14(31(53)35(57)33(24)55)30(52)26-20(45)2-11(41)3-21(26)46/h1-9,40-48,51,53-59H. The summed E-state index contributed by atoms with van der Waals surface area (Å²) < 4.78 is 0. The number of hydrogen-bond donors (Lipinski definition) is 17. The fraction of sp³-hybridized carbons (Fsp3) is 0. The topological polar surface area (TPSA) is 432 Å². The van der Waals surface area contributed by atoms with Gasteiger partial charge in [0, 0.05) is 36.4 Å². The van der Waals surface area contributed by atoms with E-state index in [1.54, 1.807) is 0 Å². The molecule has 0 bridgehead atoms. The van der Waals surface area contributed by atoms with Crippen molar-refractivity contribution in [3.8, 4) is 121 Å². The number of phenolic OH excluding ortho intramolecular Hbond substituents is 17. The molecule has 326 valence electrons. The van der Waals surface area contributed by atoms with Crippen LogP contribution in [0.1, 0.15) is 47.8 Å². The SMILES string of the molecule is O=C(c1cc(O)c(O)cc1O)c1cc(O)c(O)c(O)c1OOc1cc(C(=O)c2cc(O)cc(O)c2O)c(OOc2cc(C(=O)c3c(O)cc(O)cc3O)c(O)c(O)c2O)c(O)c1O. The number of aromatic hydroxyl groups is 17.